The summed E-state index contributed by atoms with van der Waals surface area (Å²) in [5, 5.41) is 17.2. The summed E-state index contributed by atoms with van der Waals surface area (Å²) in [6.07, 6.45) is 2.23. The van der Waals surface area contributed by atoms with Crippen molar-refractivity contribution in [2.75, 3.05) is 0 Å². The van der Waals surface area contributed by atoms with Gasteiger partial charge in [0.1, 0.15) is 24.2 Å². The molecule has 0 radical (unpaired) electrons. The molecule has 5 rings (SSSR count). The van der Waals surface area contributed by atoms with Crippen LogP contribution in [-0.2, 0) is 22.7 Å². The number of rotatable bonds is 6. The van der Waals surface area contributed by atoms with Gasteiger partial charge >= 0.3 is 0 Å². The van der Waals surface area contributed by atoms with Gasteiger partial charge in [0.2, 0.25) is 11.8 Å². The highest BCUT2D eigenvalue weighted by Gasteiger charge is 2.51. The van der Waals surface area contributed by atoms with Gasteiger partial charge < -0.3 is 21.1 Å². The molecular formula is C24H23ClFN5O4. The van der Waals surface area contributed by atoms with Crippen molar-refractivity contribution in [1.29, 1.82) is 0 Å². The lowest BCUT2D eigenvalue weighted by atomic mass is 9.80. The number of fused-ring (bicyclic) bond motifs is 2. The van der Waals surface area contributed by atoms with Crippen molar-refractivity contribution in [3.05, 3.63) is 58.5 Å². The minimum Gasteiger partial charge on any atom is -0.508 e. The van der Waals surface area contributed by atoms with Crippen molar-refractivity contribution in [2.24, 2.45) is 11.7 Å². The van der Waals surface area contributed by atoms with E-state index in [4.69, 9.17) is 17.3 Å². The zero-order valence-electron chi connectivity index (χ0n) is 18.6. The Balaban J connectivity index is 1.37. The lowest BCUT2D eigenvalue weighted by Crippen LogP contribution is -2.51. The molecule has 0 bridgehead atoms. The maximum Gasteiger partial charge on any atom is 0.269 e. The van der Waals surface area contributed by atoms with Crippen molar-refractivity contribution in [1.82, 2.24) is 20.0 Å². The third kappa shape index (κ3) is 4.07. The predicted octanol–water partition coefficient (Wildman–Crippen LogP) is 2.33. The summed E-state index contributed by atoms with van der Waals surface area (Å²) in [6.45, 7) is -0.284. The SMILES string of the molecule is NC(=O)c1nn(CC(=O)N2[C@@H]3CC[C@@H]3C[C@H]2C(=O)NCc2cccc(Cl)c2F)c2cc(O)ccc12. The third-order valence-corrected chi connectivity index (χ3v) is 7.22. The Labute approximate surface area is 204 Å². The number of aromatic hydroxyl groups is 1. The highest BCUT2D eigenvalue weighted by atomic mass is 35.5. The first kappa shape index (κ1) is 23.1. The standard InChI is InChI=1S/C24H23ClFN5O4/c25-16-3-1-2-13(21(16)26)10-28-24(35)19-8-12-4-7-17(12)31(19)20(33)11-30-18-9-14(32)5-6-15(18)22(29-30)23(27)34/h1-3,5-6,9,12,17,19,32H,4,7-8,10-11H2,(H2,27,34)(H,28,35)/t12-,17-,19+/m1/s1. The maximum absolute atomic E-state index is 14.2. The Bertz CT molecular complexity index is 1360. The minimum atomic E-state index is -0.752. The average Bonchev–Trinajstić information content (AvgIpc) is 3.28. The molecule has 35 heavy (non-hydrogen) atoms. The quantitative estimate of drug-likeness (QED) is 0.479. The number of aromatic nitrogens is 2. The second kappa shape index (κ2) is 8.84. The van der Waals surface area contributed by atoms with E-state index in [-0.39, 0.29) is 58.9 Å². The largest absolute Gasteiger partial charge is 0.508 e. The van der Waals surface area contributed by atoms with Gasteiger partial charge in [0.25, 0.3) is 5.91 Å². The first-order valence-corrected chi connectivity index (χ1v) is 11.6. The number of halogens is 2. The summed E-state index contributed by atoms with van der Waals surface area (Å²) in [6, 6.07) is 8.14. The van der Waals surface area contributed by atoms with Gasteiger partial charge in [-0.1, -0.05) is 23.7 Å². The Morgan fingerprint density at radius 2 is 2.03 bits per heavy atom. The van der Waals surface area contributed by atoms with Crippen molar-refractivity contribution >= 4 is 40.2 Å². The molecule has 2 heterocycles. The van der Waals surface area contributed by atoms with Crippen LogP contribution in [0.5, 0.6) is 5.75 Å². The molecule has 1 aliphatic carbocycles. The molecule has 1 aliphatic heterocycles. The third-order valence-electron chi connectivity index (χ3n) is 6.93. The lowest BCUT2D eigenvalue weighted by molar-refractivity contribution is -0.142. The van der Waals surface area contributed by atoms with Crippen LogP contribution >= 0.6 is 11.6 Å². The molecular weight excluding hydrogens is 477 g/mol. The summed E-state index contributed by atoms with van der Waals surface area (Å²) in [5.41, 5.74) is 6.07. The van der Waals surface area contributed by atoms with E-state index < -0.39 is 17.8 Å². The van der Waals surface area contributed by atoms with Gasteiger partial charge in [-0.05, 0) is 43.4 Å². The summed E-state index contributed by atoms with van der Waals surface area (Å²) >= 11 is 5.82. The average molecular weight is 500 g/mol. The van der Waals surface area contributed by atoms with E-state index in [1.807, 2.05) is 0 Å². The molecule has 3 aromatic rings. The number of hydrogen-bond donors (Lipinski definition) is 3. The molecule has 3 atom stereocenters. The Morgan fingerprint density at radius 3 is 2.74 bits per heavy atom. The van der Waals surface area contributed by atoms with Crippen molar-refractivity contribution in [3.8, 4) is 5.75 Å². The molecule has 3 amide bonds. The Kier molecular flexibility index (Phi) is 5.84. The number of nitrogens with one attached hydrogen (secondary N) is 1. The van der Waals surface area contributed by atoms with E-state index in [0.717, 1.165) is 12.8 Å². The molecule has 1 aromatic heterocycles. The number of hydrogen-bond acceptors (Lipinski definition) is 5. The van der Waals surface area contributed by atoms with E-state index in [9.17, 15) is 23.9 Å². The van der Waals surface area contributed by atoms with Gasteiger partial charge in [0.05, 0.1) is 10.5 Å². The molecule has 0 spiro atoms. The summed E-state index contributed by atoms with van der Waals surface area (Å²) in [7, 11) is 0. The van der Waals surface area contributed by atoms with E-state index in [2.05, 4.69) is 10.4 Å². The van der Waals surface area contributed by atoms with Gasteiger partial charge in [0.15, 0.2) is 5.69 Å². The van der Waals surface area contributed by atoms with Crippen molar-refractivity contribution < 1.29 is 23.9 Å². The van der Waals surface area contributed by atoms with Crippen molar-refractivity contribution in [2.45, 2.75) is 44.4 Å². The second-order valence-electron chi connectivity index (χ2n) is 8.96. The maximum atomic E-state index is 14.2. The van der Waals surface area contributed by atoms with Crippen LogP contribution < -0.4 is 11.1 Å². The summed E-state index contributed by atoms with van der Waals surface area (Å²) < 4.78 is 15.5. The highest BCUT2D eigenvalue weighted by Crippen LogP contribution is 2.44. The van der Waals surface area contributed by atoms with Crippen LogP contribution in [0.4, 0.5) is 4.39 Å². The van der Waals surface area contributed by atoms with E-state index >= 15 is 0 Å². The van der Waals surface area contributed by atoms with Crippen LogP contribution in [0.25, 0.3) is 10.9 Å². The molecule has 2 fully saturated rings. The number of nitrogens with two attached hydrogens (primary N) is 1. The normalized spacial score (nSPS) is 21.0. The number of benzene rings is 2. The van der Waals surface area contributed by atoms with Gasteiger partial charge in [-0.3, -0.25) is 19.1 Å². The van der Waals surface area contributed by atoms with Crippen LogP contribution in [0.15, 0.2) is 36.4 Å². The summed E-state index contributed by atoms with van der Waals surface area (Å²) in [4.78, 5) is 39.9. The molecule has 11 heteroatoms. The van der Waals surface area contributed by atoms with Gasteiger partial charge in [-0.25, -0.2) is 4.39 Å². The van der Waals surface area contributed by atoms with E-state index in [1.54, 1.807) is 11.0 Å². The fraction of sp³-hybridized carbons (Fsp3) is 0.333. The Hall–Kier alpha value is -3.66. The van der Waals surface area contributed by atoms with Crippen LogP contribution in [0, 0.1) is 11.7 Å². The lowest BCUT2D eigenvalue weighted by Gasteiger charge is -2.37. The molecule has 9 nitrogen and oxygen atoms in total. The predicted molar refractivity (Wildman–Crippen MR) is 125 cm³/mol. The molecule has 182 valence electrons. The Morgan fingerprint density at radius 1 is 1.23 bits per heavy atom. The van der Waals surface area contributed by atoms with E-state index in [0.29, 0.717) is 17.3 Å². The number of phenols is 1. The number of likely N-dealkylation sites (tertiary alicyclic amines) is 1. The zero-order valence-corrected chi connectivity index (χ0v) is 19.3. The minimum absolute atomic E-state index is 0.00594. The number of carbonyl (C=O) groups excluding carboxylic acids is 3. The fourth-order valence-corrected chi connectivity index (χ4v) is 5.27. The number of carbonyl (C=O) groups is 3. The van der Waals surface area contributed by atoms with E-state index in [1.165, 1.54) is 35.0 Å². The number of primary amides is 1. The number of nitrogens with zero attached hydrogens (tertiary/aromatic N) is 3. The van der Waals surface area contributed by atoms with Crippen molar-refractivity contribution in [3.63, 3.8) is 0 Å². The molecule has 1 saturated heterocycles. The van der Waals surface area contributed by atoms with Crippen LogP contribution in [0.2, 0.25) is 5.02 Å². The monoisotopic (exact) mass is 499 g/mol. The van der Waals surface area contributed by atoms with Gasteiger partial charge in [-0.2, -0.15) is 5.10 Å². The fourth-order valence-electron chi connectivity index (χ4n) is 5.08. The van der Waals surface area contributed by atoms with Crippen LogP contribution in [0.1, 0.15) is 35.3 Å². The number of phenolic OH excluding ortho intramolecular Hbond substituents is 1. The first-order valence-electron chi connectivity index (χ1n) is 11.3. The summed E-state index contributed by atoms with van der Waals surface area (Å²) in [5.74, 6) is -1.88. The molecule has 0 unspecified atom stereocenters. The topological polar surface area (TPSA) is 131 Å². The van der Waals surface area contributed by atoms with Crippen LogP contribution in [0.3, 0.4) is 0 Å². The first-order chi connectivity index (χ1) is 16.7. The van der Waals surface area contributed by atoms with Gasteiger partial charge in [0, 0.05) is 29.6 Å². The molecule has 1 saturated carbocycles. The molecule has 2 aliphatic rings. The van der Waals surface area contributed by atoms with Crippen LogP contribution in [-0.4, -0.2) is 49.6 Å². The molecule has 4 N–H and O–H groups in total. The number of amides is 3. The second-order valence-corrected chi connectivity index (χ2v) is 9.37. The van der Waals surface area contributed by atoms with Gasteiger partial charge in [-0.15, -0.1) is 0 Å². The smallest absolute Gasteiger partial charge is 0.269 e. The highest BCUT2D eigenvalue weighted by molar-refractivity contribution is 6.30. The molecule has 2 aromatic carbocycles. The zero-order chi connectivity index (χ0) is 24.9.